The molecule has 0 aromatic carbocycles. The zero-order chi connectivity index (χ0) is 15.3. The van der Waals surface area contributed by atoms with Crippen LogP contribution in [0.3, 0.4) is 0 Å². The summed E-state index contributed by atoms with van der Waals surface area (Å²) in [5, 5.41) is 7.94. The first kappa shape index (κ1) is 13.7. The average molecular weight is 319 g/mol. The summed E-state index contributed by atoms with van der Waals surface area (Å²) < 4.78 is 2.98. The second-order valence-electron chi connectivity index (χ2n) is 6.17. The van der Waals surface area contributed by atoms with Crippen LogP contribution in [0.25, 0.3) is 0 Å². The van der Waals surface area contributed by atoms with Gasteiger partial charge < -0.3 is 9.13 Å². The van der Waals surface area contributed by atoms with Gasteiger partial charge in [0.25, 0.3) is 0 Å². The standard InChI is InChI=1S/C15H15ClN4O2/c16-13-2-1-11(17-18-13)8-19-3-4-20(15(22)14(19)21)12-6-9-5-10(9)7-12/h1-4,9-10,12H,5-8H2/t9-,10+,12?. The lowest BCUT2D eigenvalue weighted by molar-refractivity contribution is 0.445. The minimum absolute atomic E-state index is 0.189. The van der Waals surface area contributed by atoms with Crippen molar-refractivity contribution in [3.63, 3.8) is 0 Å². The minimum Gasteiger partial charge on any atom is -0.306 e. The number of fused-ring (bicyclic) bond motifs is 1. The highest BCUT2D eigenvalue weighted by molar-refractivity contribution is 6.29. The van der Waals surface area contributed by atoms with Crippen LogP contribution in [-0.4, -0.2) is 19.3 Å². The lowest BCUT2D eigenvalue weighted by Crippen LogP contribution is -2.42. The molecule has 2 aromatic heterocycles. The van der Waals surface area contributed by atoms with Crippen LogP contribution in [0.2, 0.25) is 5.15 Å². The van der Waals surface area contributed by atoms with Gasteiger partial charge in [-0.05, 0) is 43.2 Å². The monoisotopic (exact) mass is 318 g/mol. The summed E-state index contributed by atoms with van der Waals surface area (Å²) in [4.78, 5) is 24.6. The topological polar surface area (TPSA) is 69.8 Å². The van der Waals surface area contributed by atoms with Gasteiger partial charge in [-0.3, -0.25) is 9.59 Å². The van der Waals surface area contributed by atoms with Crippen molar-refractivity contribution in [1.82, 2.24) is 19.3 Å². The Bertz CT molecular complexity index is 817. The van der Waals surface area contributed by atoms with E-state index >= 15 is 0 Å². The molecule has 0 spiro atoms. The van der Waals surface area contributed by atoms with Gasteiger partial charge in [-0.15, -0.1) is 5.10 Å². The van der Waals surface area contributed by atoms with E-state index in [2.05, 4.69) is 10.2 Å². The van der Waals surface area contributed by atoms with Crippen molar-refractivity contribution in [2.45, 2.75) is 31.8 Å². The van der Waals surface area contributed by atoms with E-state index in [1.54, 1.807) is 29.1 Å². The van der Waals surface area contributed by atoms with Crippen LogP contribution in [0.15, 0.2) is 34.1 Å². The molecular weight excluding hydrogens is 304 g/mol. The Hall–Kier alpha value is -1.95. The fraction of sp³-hybridized carbons (Fsp3) is 0.467. The Morgan fingerprint density at radius 2 is 1.82 bits per heavy atom. The normalized spacial score (nSPS) is 26.0. The third kappa shape index (κ3) is 2.37. The first-order chi connectivity index (χ1) is 10.6. The maximum absolute atomic E-state index is 12.3. The minimum atomic E-state index is -0.514. The van der Waals surface area contributed by atoms with Crippen molar-refractivity contribution < 1.29 is 0 Å². The van der Waals surface area contributed by atoms with E-state index in [0.29, 0.717) is 10.8 Å². The Morgan fingerprint density at radius 1 is 1.05 bits per heavy atom. The molecule has 7 heteroatoms. The van der Waals surface area contributed by atoms with Crippen molar-refractivity contribution in [2.24, 2.45) is 11.8 Å². The van der Waals surface area contributed by atoms with Gasteiger partial charge in [-0.25, -0.2) is 0 Å². The SMILES string of the molecule is O=c1c(=O)n(C2C[C@@H]3C[C@@H]3C2)ccn1Cc1ccc(Cl)nn1. The summed E-state index contributed by atoms with van der Waals surface area (Å²) >= 11 is 5.68. The van der Waals surface area contributed by atoms with Crippen LogP contribution in [0.5, 0.6) is 0 Å². The van der Waals surface area contributed by atoms with Crippen LogP contribution >= 0.6 is 11.6 Å². The van der Waals surface area contributed by atoms with Gasteiger partial charge in [-0.1, -0.05) is 11.6 Å². The predicted octanol–water partition coefficient (Wildman–Crippen LogP) is 1.47. The van der Waals surface area contributed by atoms with Crippen molar-refractivity contribution >= 4 is 11.6 Å². The van der Waals surface area contributed by atoms with Gasteiger partial charge in [-0.2, -0.15) is 5.10 Å². The molecular formula is C15H15ClN4O2. The Balaban J connectivity index is 1.61. The molecule has 4 rings (SSSR count). The number of aromatic nitrogens is 4. The highest BCUT2D eigenvalue weighted by Gasteiger charge is 2.46. The summed E-state index contributed by atoms with van der Waals surface area (Å²) in [6.45, 7) is 0.217. The first-order valence-corrected chi connectivity index (χ1v) is 7.79. The van der Waals surface area contributed by atoms with E-state index in [0.717, 1.165) is 24.7 Å². The number of hydrogen-bond donors (Lipinski definition) is 0. The summed E-state index contributed by atoms with van der Waals surface area (Å²) in [6.07, 6.45) is 6.72. The van der Waals surface area contributed by atoms with Gasteiger partial charge in [0.15, 0.2) is 5.15 Å². The summed E-state index contributed by atoms with van der Waals surface area (Å²) in [6, 6.07) is 3.49. The molecule has 1 unspecified atom stereocenters. The maximum atomic E-state index is 12.3. The summed E-state index contributed by atoms with van der Waals surface area (Å²) in [5.74, 6) is 1.53. The Morgan fingerprint density at radius 3 is 2.50 bits per heavy atom. The Kier molecular flexibility index (Phi) is 3.14. The van der Waals surface area contributed by atoms with Gasteiger partial charge in [0, 0.05) is 18.4 Å². The zero-order valence-corrected chi connectivity index (χ0v) is 12.6. The third-order valence-corrected chi connectivity index (χ3v) is 4.92. The van der Waals surface area contributed by atoms with Crippen LogP contribution in [0.1, 0.15) is 31.0 Å². The number of halogens is 1. The van der Waals surface area contributed by atoms with Crippen molar-refractivity contribution in [1.29, 1.82) is 0 Å². The number of rotatable bonds is 3. The number of nitrogens with zero attached hydrogens (tertiary/aromatic N) is 4. The van der Waals surface area contributed by atoms with E-state index in [-0.39, 0.29) is 12.6 Å². The third-order valence-electron chi connectivity index (χ3n) is 4.72. The molecule has 6 nitrogen and oxygen atoms in total. The molecule has 2 aromatic rings. The number of hydrogen-bond acceptors (Lipinski definition) is 4. The second kappa shape index (κ2) is 5.05. The first-order valence-electron chi connectivity index (χ1n) is 7.41. The molecule has 2 saturated carbocycles. The van der Waals surface area contributed by atoms with Crippen LogP contribution < -0.4 is 11.1 Å². The van der Waals surface area contributed by atoms with E-state index in [9.17, 15) is 9.59 Å². The molecule has 0 aliphatic heterocycles. The highest BCUT2D eigenvalue weighted by Crippen LogP contribution is 2.55. The lowest BCUT2D eigenvalue weighted by atomic mass is 10.1. The molecule has 3 atom stereocenters. The molecule has 2 aliphatic rings. The molecule has 0 saturated heterocycles. The van der Waals surface area contributed by atoms with E-state index in [4.69, 9.17) is 11.6 Å². The highest BCUT2D eigenvalue weighted by atomic mass is 35.5. The summed E-state index contributed by atoms with van der Waals surface area (Å²) in [7, 11) is 0. The molecule has 0 radical (unpaired) electrons. The molecule has 0 amide bonds. The lowest BCUT2D eigenvalue weighted by Gasteiger charge is -2.16. The van der Waals surface area contributed by atoms with E-state index < -0.39 is 11.1 Å². The van der Waals surface area contributed by atoms with Crippen molar-refractivity contribution in [2.75, 3.05) is 0 Å². The molecule has 0 bridgehead atoms. The van der Waals surface area contributed by atoms with Crippen molar-refractivity contribution in [3.8, 4) is 0 Å². The molecule has 2 heterocycles. The van der Waals surface area contributed by atoms with E-state index in [1.807, 2.05) is 0 Å². The van der Waals surface area contributed by atoms with Gasteiger partial charge >= 0.3 is 11.1 Å². The largest absolute Gasteiger partial charge is 0.316 e. The van der Waals surface area contributed by atoms with Crippen LogP contribution in [0.4, 0.5) is 0 Å². The van der Waals surface area contributed by atoms with Crippen LogP contribution in [0, 0.1) is 11.8 Å². The predicted molar refractivity (Wildman–Crippen MR) is 81.0 cm³/mol. The smallest absolute Gasteiger partial charge is 0.306 e. The van der Waals surface area contributed by atoms with Crippen molar-refractivity contribution in [3.05, 3.63) is 56.1 Å². The summed E-state index contributed by atoms with van der Waals surface area (Å²) in [5.41, 5.74) is -0.374. The fourth-order valence-electron chi connectivity index (χ4n) is 3.45. The van der Waals surface area contributed by atoms with Gasteiger partial charge in [0.05, 0.1) is 12.2 Å². The zero-order valence-electron chi connectivity index (χ0n) is 11.9. The molecule has 2 aliphatic carbocycles. The Labute approximate surface area is 131 Å². The van der Waals surface area contributed by atoms with Gasteiger partial charge in [0.1, 0.15) is 0 Å². The molecule has 22 heavy (non-hydrogen) atoms. The van der Waals surface area contributed by atoms with Gasteiger partial charge in [0.2, 0.25) is 0 Å². The maximum Gasteiger partial charge on any atom is 0.316 e. The quantitative estimate of drug-likeness (QED) is 0.804. The van der Waals surface area contributed by atoms with Crippen LogP contribution in [-0.2, 0) is 6.54 Å². The molecule has 2 fully saturated rings. The molecule has 114 valence electrons. The second-order valence-corrected chi connectivity index (χ2v) is 6.56. The van der Waals surface area contributed by atoms with E-state index in [1.165, 1.54) is 11.0 Å². The fourth-order valence-corrected chi connectivity index (χ4v) is 3.55. The average Bonchev–Trinajstić information content (AvgIpc) is 3.12. The molecule has 0 N–H and O–H groups in total.